The molecule has 0 atom stereocenters. The predicted molar refractivity (Wildman–Crippen MR) is 57.4 cm³/mol. The first-order chi connectivity index (χ1) is 6.61. The zero-order valence-corrected chi connectivity index (χ0v) is 9.67. The van der Waals surface area contributed by atoms with Gasteiger partial charge in [0.05, 0.1) is 0 Å². The third kappa shape index (κ3) is 5.80. The fourth-order valence-corrected chi connectivity index (χ4v) is 1.06. The van der Waals surface area contributed by atoms with Crippen molar-refractivity contribution >= 4 is 6.09 Å². The molecule has 0 aromatic heterocycles. The summed E-state index contributed by atoms with van der Waals surface area (Å²) in [5.41, 5.74) is 0. The summed E-state index contributed by atoms with van der Waals surface area (Å²) in [7, 11) is 0. The Bertz CT molecular complexity index is 156. The van der Waals surface area contributed by atoms with Crippen LogP contribution in [-0.4, -0.2) is 43.3 Å². The highest BCUT2D eigenvalue weighted by Crippen LogP contribution is 1.92. The molecular weight excluding hydrogens is 180 g/mol. The van der Waals surface area contributed by atoms with Crippen LogP contribution in [0.15, 0.2) is 0 Å². The maximum Gasteiger partial charge on any atom is 0.409 e. The second-order valence-electron chi connectivity index (χ2n) is 3.40. The number of carbonyl (C=O) groups is 1. The molecule has 0 saturated heterocycles. The van der Waals surface area contributed by atoms with Gasteiger partial charge in [0, 0.05) is 25.7 Å². The molecule has 0 saturated carbocycles. The maximum absolute atomic E-state index is 11.3. The molecule has 0 unspecified atom stereocenters. The SMILES string of the molecule is CCN(CC)C(=O)OCCNC(C)C. The molecule has 0 bridgehead atoms. The second kappa shape index (κ2) is 7.62. The Balaban J connectivity index is 3.52. The summed E-state index contributed by atoms with van der Waals surface area (Å²) in [6, 6.07) is 0.433. The third-order valence-corrected chi connectivity index (χ3v) is 1.90. The van der Waals surface area contributed by atoms with Gasteiger partial charge in [0.15, 0.2) is 0 Å². The smallest absolute Gasteiger partial charge is 0.409 e. The Labute approximate surface area is 86.6 Å². The predicted octanol–water partition coefficient (Wildman–Crippen LogP) is 1.46. The second-order valence-corrected chi connectivity index (χ2v) is 3.40. The Morgan fingerprint density at radius 1 is 1.36 bits per heavy atom. The zero-order valence-electron chi connectivity index (χ0n) is 9.67. The summed E-state index contributed by atoms with van der Waals surface area (Å²) in [6.07, 6.45) is -0.222. The van der Waals surface area contributed by atoms with Gasteiger partial charge in [-0.3, -0.25) is 0 Å². The van der Waals surface area contributed by atoms with Crippen LogP contribution in [0.5, 0.6) is 0 Å². The van der Waals surface area contributed by atoms with Crippen molar-refractivity contribution < 1.29 is 9.53 Å². The Morgan fingerprint density at radius 2 is 1.93 bits per heavy atom. The lowest BCUT2D eigenvalue weighted by molar-refractivity contribution is 0.106. The van der Waals surface area contributed by atoms with Gasteiger partial charge in [0.25, 0.3) is 0 Å². The quantitative estimate of drug-likeness (QED) is 0.663. The average Bonchev–Trinajstić information content (AvgIpc) is 2.14. The number of ether oxygens (including phenoxy) is 1. The summed E-state index contributed by atoms with van der Waals surface area (Å²) in [5, 5.41) is 3.18. The molecule has 1 N–H and O–H groups in total. The molecule has 0 spiro atoms. The van der Waals surface area contributed by atoms with Crippen LogP contribution in [-0.2, 0) is 4.74 Å². The van der Waals surface area contributed by atoms with Gasteiger partial charge in [-0.2, -0.15) is 0 Å². The van der Waals surface area contributed by atoms with Gasteiger partial charge in [-0.1, -0.05) is 13.8 Å². The molecule has 4 nitrogen and oxygen atoms in total. The van der Waals surface area contributed by atoms with E-state index in [1.54, 1.807) is 4.90 Å². The molecule has 0 radical (unpaired) electrons. The zero-order chi connectivity index (χ0) is 11.0. The molecule has 4 heteroatoms. The minimum absolute atomic E-state index is 0.222. The van der Waals surface area contributed by atoms with Crippen molar-refractivity contribution in [3.8, 4) is 0 Å². The molecule has 0 rings (SSSR count). The van der Waals surface area contributed by atoms with E-state index >= 15 is 0 Å². The van der Waals surface area contributed by atoms with Gasteiger partial charge in [0.2, 0.25) is 0 Å². The van der Waals surface area contributed by atoms with Crippen LogP contribution in [0.3, 0.4) is 0 Å². The molecule has 1 amide bonds. The number of carbonyl (C=O) groups excluding carboxylic acids is 1. The molecule has 0 aliphatic heterocycles. The van der Waals surface area contributed by atoms with E-state index in [2.05, 4.69) is 19.2 Å². The number of hydrogen-bond acceptors (Lipinski definition) is 3. The first kappa shape index (κ1) is 13.2. The van der Waals surface area contributed by atoms with E-state index in [0.29, 0.717) is 32.3 Å². The highest BCUT2D eigenvalue weighted by Gasteiger charge is 2.09. The van der Waals surface area contributed by atoms with Crippen LogP contribution in [0.1, 0.15) is 27.7 Å². The topological polar surface area (TPSA) is 41.6 Å². The number of amides is 1. The van der Waals surface area contributed by atoms with Crippen molar-refractivity contribution in [3.63, 3.8) is 0 Å². The first-order valence-corrected chi connectivity index (χ1v) is 5.26. The average molecular weight is 202 g/mol. The van der Waals surface area contributed by atoms with E-state index in [0.717, 1.165) is 0 Å². The number of nitrogens with one attached hydrogen (secondary N) is 1. The third-order valence-electron chi connectivity index (χ3n) is 1.90. The van der Waals surface area contributed by atoms with Crippen molar-refractivity contribution in [2.75, 3.05) is 26.2 Å². The van der Waals surface area contributed by atoms with E-state index in [4.69, 9.17) is 4.74 Å². The van der Waals surface area contributed by atoms with Crippen LogP contribution in [0.4, 0.5) is 4.79 Å². The van der Waals surface area contributed by atoms with Crippen molar-refractivity contribution in [1.29, 1.82) is 0 Å². The van der Waals surface area contributed by atoms with Crippen LogP contribution in [0, 0.1) is 0 Å². The summed E-state index contributed by atoms with van der Waals surface area (Å²) in [6.45, 7) is 10.6. The fraction of sp³-hybridized carbons (Fsp3) is 0.900. The molecule has 0 heterocycles. The monoisotopic (exact) mass is 202 g/mol. The number of rotatable bonds is 6. The van der Waals surface area contributed by atoms with Gasteiger partial charge < -0.3 is 15.0 Å². The maximum atomic E-state index is 11.3. The van der Waals surface area contributed by atoms with E-state index in [1.807, 2.05) is 13.8 Å². The van der Waals surface area contributed by atoms with E-state index in [-0.39, 0.29) is 6.09 Å². The molecule has 0 aliphatic rings. The van der Waals surface area contributed by atoms with Crippen LogP contribution in [0.2, 0.25) is 0 Å². The Morgan fingerprint density at radius 3 is 2.36 bits per heavy atom. The lowest BCUT2D eigenvalue weighted by Gasteiger charge is -2.18. The lowest BCUT2D eigenvalue weighted by atomic mass is 10.4. The highest BCUT2D eigenvalue weighted by molar-refractivity contribution is 5.67. The summed E-state index contributed by atoms with van der Waals surface area (Å²) in [5.74, 6) is 0. The molecule has 14 heavy (non-hydrogen) atoms. The van der Waals surface area contributed by atoms with Crippen LogP contribution in [0.25, 0.3) is 0 Å². The molecule has 84 valence electrons. The Kier molecular flexibility index (Phi) is 7.20. The van der Waals surface area contributed by atoms with Gasteiger partial charge in [-0.05, 0) is 13.8 Å². The van der Waals surface area contributed by atoms with Crippen molar-refractivity contribution in [3.05, 3.63) is 0 Å². The molecule has 0 aromatic rings. The van der Waals surface area contributed by atoms with Gasteiger partial charge in [-0.15, -0.1) is 0 Å². The van der Waals surface area contributed by atoms with E-state index in [9.17, 15) is 4.79 Å². The summed E-state index contributed by atoms with van der Waals surface area (Å²) >= 11 is 0. The molecular formula is C10H22N2O2. The van der Waals surface area contributed by atoms with Crippen LogP contribution < -0.4 is 5.32 Å². The van der Waals surface area contributed by atoms with Crippen LogP contribution >= 0.6 is 0 Å². The van der Waals surface area contributed by atoms with E-state index in [1.165, 1.54) is 0 Å². The minimum atomic E-state index is -0.222. The lowest BCUT2D eigenvalue weighted by Crippen LogP contribution is -2.34. The standard InChI is InChI=1S/C10H22N2O2/c1-5-12(6-2)10(13)14-8-7-11-9(3)4/h9,11H,5-8H2,1-4H3. The molecule has 0 aliphatic carbocycles. The van der Waals surface area contributed by atoms with Crippen molar-refractivity contribution in [2.24, 2.45) is 0 Å². The van der Waals surface area contributed by atoms with Gasteiger partial charge in [0.1, 0.15) is 6.61 Å². The van der Waals surface area contributed by atoms with Crippen molar-refractivity contribution in [1.82, 2.24) is 10.2 Å². The molecule has 0 fully saturated rings. The largest absolute Gasteiger partial charge is 0.448 e. The van der Waals surface area contributed by atoms with Gasteiger partial charge in [-0.25, -0.2) is 4.79 Å². The van der Waals surface area contributed by atoms with Crippen molar-refractivity contribution in [2.45, 2.75) is 33.7 Å². The number of hydrogen-bond donors (Lipinski definition) is 1. The Hall–Kier alpha value is -0.770. The highest BCUT2D eigenvalue weighted by atomic mass is 16.6. The summed E-state index contributed by atoms with van der Waals surface area (Å²) < 4.78 is 5.06. The first-order valence-electron chi connectivity index (χ1n) is 5.26. The normalized spacial score (nSPS) is 10.4. The molecule has 0 aromatic carbocycles. The van der Waals surface area contributed by atoms with Gasteiger partial charge >= 0.3 is 6.09 Å². The summed E-state index contributed by atoms with van der Waals surface area (Å²) in [4.78, 5) is 13.0. The number of nitrogens with zero attached hydrogens (tertiary/aromatic N) is 1. The minimum Gasteiger partial charge on any atom is -0.448 e. The fourth-order valence-electron chi connectivity index (χ4n) is 1.06. The van der Waals surface area contributed by atoms with E-state index < -0.39 is 0 Å².